The van der Waals surface area contributed by atoms with Gasteiger partial charge in [-0.15, -0.1) is 0 Å². The fourth-order valence-corrected chi connectivity index (χ4v) is 4.38. The average Bonchev–Trinajstić information content (AvgIpc) is 3.38. The summed E-state index contributed by atoms with van der Waals surface area (Å²) in [7, 11) is 1.61. The van der Waals surface area contributed by atoms with Gasteiger partial charge in [-0.2, -0.15) is 0 Å². The van der Waals surface area contributed by atoms with Gasteiger partial charge in [0, 0.05) is 31.1 Å². The molecular formula is C32H37N3O5. The molecule has 0 unspecified atom stereocenters. The summed E-state index contributed by atoms with van der Waals surface area (Å²) in [4.78, 5) is 19.0. The zero-order valence-electron chi connectivity index (χ0n) is 23.2. The second-order valence-corrected chi connectivity index (χ2v) is 9.84. The largest absolute Gasteiger partial charge is 0.497 e. The number of aliphatic hydroxyl groups is 1. The number of carbonyl (C=O) groups is 1. The first-order valence-electron chi connectivity index (χ1n) is 13.5. The lowest BCUT2D eigenvalue weighted by molar-refractivity contribution is -0.130. The van der Waals surface area contributed by atoms with Gasteiger partial charge < -0.3 is 19.3 Å². The fourth-order valence-electron chi connectivity index (χ4n) is 4.38. The lowest BCUT2D eigenvalue weighted by atomic mass is 9.84. The topological polar surface area (TPSA) is 101 Å². The molecule has 0 aromatic heterocycles. The van der Waals surface area contributed by atoms with Gasteiger partial charge in [0.05, 0.1) is 13.7 Å². The second kappa shape index (κ2) is 13.8. The molecule has 3 N–H and O–H groups in total. The van der Waals surface area contributed by atoms with Crippen molar-refractivity contribution in [1.29, 1.82) is 0 Å². The van der Waals surface area contributed by atoms with Crippen molar-refractivity contribution in [1.82, 2.24) is 10.9 Å². The Morgan fingerprint density at radius 2 is 1.85 bits per heavy atom. The molecule has 1 amide bonds. The van der Waals surface area contributed by atoms with Crippen molar-refractivity contribution in [3.63, 3.8) is 0 Å². The summed E-state index contributed by atoms with van der Waals surface area (Å²) in [6.45, 7) is 4.39. The van der Waals surface area contributed by atoms with Gasteiger partial charge >= 0.3 is 0 Å². The van der Waals surface area contributed by atoms with Gasteiger partial charge in [-0.1, -0.05) is 54.6 Å². The van der Waals surface area contributed by atoms with Gasteiger partial charge in [0.1, 0.15) is 11.5 Å². The molecule has 0 spiro atoms. The minimum Gasteiger partial charge on any atom is -0.497 e. The molecule has 1 heterocycles. The highest BCUT2D eigenvalue weighted by Crippen LogP contribution is 2.43. The summed E-state index contributed by atoms with van der Waals surface area (Å²) in [5.41, 5.74) is 7.12. The molecule has 1 aliphatic rings. The molecule has 210 valence electrons. The smallest absolute Gasteiger partial charge is 0.266 e. The molecule has 0 aliphatic carbocycles. The number of amides is 1. The van der Waals surface area contributed by atoms with E-state index in [9.17, 15) is 4.79 Å². The third-order valence-corrected chi connectivity index (χ3v) is 6.44. The van der Waals surface area contributed by atoms with Crippen molar-refractivity contribution >= 4 is 17.9 Å². The van der Waals surface area contributed by atoms with E-state index in [1.54, 1.807) is 7.11 Å². The Bertz CT molecular complexity index is 1310. The lowest BCUT2D eigenvalue weighted by Crippen LogP contribution is -2.54. The molecule has 8 heteroatoms. The van der Waals surface area contributed by atoms with Crippen LogP contribution in [0.25, 0.3) is 6.08 Å². The molecule has 8 nitrogen and oxygen atoms in total. The van der Waals surface area contributed by atoms with Crippen LogP contribution in [0, 0.1) is 0 Å². The highest BCUT2D eigenvalue weighted by molar-refractivity contribution is 6.01. The number of hydrogen-bond acceptors (Lipinski definition) is 7. The molecular weight excluding hydrogens is 506 g/mol. The average molecular weight is 544 g/mol. The van der Waals surface area contributed by atoms with E-state index in [4.69, 9.17) is 24.3 Å². The van der Waals surface area contributed by atoms with Gasteiger partial charge in [0.2, 0.25) is 5.90 Å². The maximum Gasteiger partial charge on any atom is 0.266 e. The van der Waals surface area contributed by atoms with E-state index in [2.05, 4.69) is 10.9 Å². The summed E-state index contributed by atoms with van der Waals surface area (Å²) in [6, 6.07) is 24.8. The molecule has 0 saturated carbocycles. The maximum absolute atomic E-state index is 14.0. The minimum absolute atomic E-state index is 0.0280. The maximum atomic E-state index is 14.0. The zero-order valence-corrected chi connectivity index (χ0v) is 23.2. The van der Waals surface area contributed by atoms with Crippen molar-refractivity contribution < 1.29 is 24.1 Å². The number of nitrogens with zero attached hydrogens (tertiary/aromatic N) is 1. The molecule has 0 saturated heterocycles. The first kappa shape index (κ1) is 28.9. The standard InChI is InChI=1S/C32H37N3O5/c1-23(2)34-35-31(37)32(19-8-12-24-10-5-4-6-11-24)29(26-13-7-14-28(22-26)38-3)40-30(33-32)25-15-17-27(18-16-25)39-21-9-20-36/h4-8,10-18,22-23,29,34,36H,9,19-21H2,1-3H3,(H,35,37)/b12-8+/t29-,32-/m0/s1. The third-order valence-electron chi connectivity index (χ3n) is 6.44. The molecule has 0 fully saturated rings. The molecule has 4 rings (SSSR count). The highest BCUT2D eigenvalue weighted by Gasteiger charge is 2.52. The van der Waals surface area contributed by atoms with E-state index in [0.717, 1.165) is 16.7 Å². The molecule has 2 atom stereocenters. The number of nitrogens with one attached hydrogen (secondary N) is 2. The van der Waals surface area contributed by atoms with Crippen LogP contribution in [0.2, 0.25) is 0 Å². The van der Waals surface area contributed by atoms with Crippen molar-refractivity contribution in [3.8, 4) is 11.5 Å². The van der Waals surface area contributed by atoms with Crippen LogP contribution in [-0.4, -0.2) is 48.8 Å². The van der Waals surface area contributed by atoms with Crippen molar-refractivity contribution in [2.75, 3.05) is 20.3 Å². The molecule has 0 radical (unpaired) electrons. The zero-order chi connectivity index (χ0) is 28.4. The number of aliphatic hydroxyl groups excluding tert-OH is 1. The number of ether oxygens (including phenoxy) is 3. The molecule has 40 heavy (non-hydrogen) atoms. The summed E-state index contributed by atoms with van der Waals surface area (Å²) in [5.74, 6) is 1.40. The molecule has 3 aromatic rings. The van der Waals surface area contributed by atoms with Gasteiger partial charge in [-0.25, -0.2) is 10.4 Å². The fraction of sp³-hybridized carbons (Fsp3) is 0.312. The Labute approximate surface area is 235 Å². The van der Waals surface area contributed by atoms with Crippen LogP contribution in [0.5, 0.6) is 11.5 Å². The Balaban J connectivity index is 1.74. The summed E-state index contributed by atoms with van der Waals surface area (Å²) in [6.07, 6.45) is 4.08. The predicted octanol–water partition coefficient (Wildman–Crippen LogP) is 4.85. The van der Waals surface area contributed by atoms with E-state index in [-0.39, 0.29) is 18.6 Å². The number of hydrazine groups is 1. The van der Waals surface area contributed by atoms with E-state index in [1.807, 2.05) is 105 Å². The van der Waals surface area contributed by atoms with E-state index < -0.39 is 11.6 Å². The SMILES string of the molecule is COc1cccc([C@@H]2OC(c3ccc(OCCCO)cc3)=N[C@]2(C/C=C/c2ccccc2)C(=O)NNC(C)C)c1. The minimum atomic E-state index is -1.30. The van der Waals surface area contributed by atoms with Gasteiger partial charge in [0.25, 0.3) is 5.91 Å². The number of hydrogen-bond donors (Lipinski definition) is 3. The second-order valence-electron chi connectivity index (χ2n) is 9.84. The quantitative estimate of drug-likeness (QED) is 0.211. The summed E-state index contributed by atoms with van der Waals surface area (Å²) >= 11 is 0. The van der Waals surface area contributed by atoms with Crippen LogP contribution < -0.4 is 20.3 Å². The lowest BCUT2D eigenvalue weighted by Gasteiger charge is -2.30. The van der Waals surface area contributed by atoms with Crippen LogP contribution in [0.3, 0.4) is 0 Å². The third kappa shape index (κ3) is 7.08. The van der Waals surface area contributed by atoms with Crippen molar-refractivity contribution in [2.24, 2.45) is 4.99 Å². The summed E-state index contributed by atoms with van der Waals surface area (Å²) < 4.78 is 17.7. The van der Waals surface area contributed by atoms with Crippen LogP contribution in [0.15, 0.2) is 89.9 Å². The van der Waals surface area contributed by atoms with Crippen LogP contribution in [0.1, 0.15) is 49.5 Å². The number of rotatable bonds is 13. The Morgan fingerprint density at radius 1 is 1.07 bits per heavy atom. The Kier molecular flexibility index (Phi) is 9.94. The van der Waals surface area contributed by atoms with E-state index in [1.165, 1.54) is 0 Å². The number of aliphatic imine (C=N–C) groups is 1. The first-order valence-corrected chi connectivity index (χ1v) is 13.5. The Morgan fingerprint density at radius 3 is 2.55 bits per heavy atom. The van der Waals surface area contributed by atoms with Crippen LogP contribution in [-0.2, 0) is 9.53 Å². The molecule has 1 aliphatic heterocycles. The normalized spacial score (nSPS) is 18.4. The first-order chi connectivity index (χ1) is 19.4. The van der Waals surface area contributed by atoms with Gasteiger partial charge in [0.15, 0.2) is 11.6 Å². The van der Waals surface area contributed by atoms with Gasteiger partial charge in [-0.05, 0) is 61.4 Å². The van der Waals surface area contributed by atoms with Gasteiger partial charge in [-0.3, -0.25) is 10.2 Å². The predicted molar refractivity (Wildman–Crippen MR) is 156 cm³/mol. The van der Waals surface area contributed by atoms with Crippen molar-refractivity contribution in [2.45, 2.75) is 44.4 Å². The van der Waals surface area contributed by atoms with Crippen LogP contribution >= 0.6 is 0 Å². The number of methoxy groups -OCH3 is 1. The van der Waals surface area contributed by atoms with Crippen molar-refractivity contribution in [3.05, 3.63) is 102 Å². The van der Waals surface area contributed by atoms with E-state index >= 15 is 0 Å². The van der Waals surface area contributed by atoms with E-state index in [0.29, 0.717) is 36.8 Å². The summed E-state index contributed by atoms with van der Waals surface area (Å²) in [5, 5.41) is 9.01. The number of benzene rings is 3. The van der Waals surface area contributed by atoms with Crippen LogP contribution in [0.4, 0.5) is 0 Å². The monoisotopic (exact) mass is 543 g/mol. The Hall–Kier alpha value is -4.14. The molecule has 3 aromatic carbocycles. The number of carbonyl (C=O) groups excluding carboxylic acids is 1. The highest BCUT2D eigenvalue weighted by atomic mass is 16.5. The molecule has 0 bridgehead atoms.